The van der Waals surface area contributed by atoms with Gasteiger partial charge in [0.2, 0.25) is 0 Å². The van der Waals surface area contributed by atoms with Crippen LogP contribution in [0.5, 0.6) is 0 Å². The molecule has 0 spiro atoms. The molecular formula is C13H14N4O. The van der Waals surface area contributed by atoms with Crippen LogP contribution in [0.3, 0.4) is 0 Å². The predicted molar refractivity (Wildman–Crippen MR) is 70.0 cm³/mol. The van der Waals surface area contributed by atoms with Gasteiger partial charge in [0.05, 0.1) is 0 Å². The number of hydrogen-bond acceptors (Lipinski definition) is 4. The first kappa shape index (κ1) is 11.0. The van der Waals surface area contributed by atoms with Gasteiger partial charge in [0.25, 0.3) is 5.91 Å². The smallest absolute Gasteiger partial charge is 0.270 e. The zero-order valence-electron chi connectivity index (χ0n) is 9.81. The van der Waals surface area contributed by atoms with Gasteiger partial charge in [-0.25, -0.2) is 10.8 Å². The van der Waals surface area contributed by atoms with Crippen LogP contribution in [0.1, 0.15) is 23.3 Å². The SMILES string of the molecule is NNc1nc(C(=O)NC2CC2)cc2ccccc12. The molecule has 5 nitrogen and oxygen atoms in total. The van der Waals surface area contributed by atoms with Crippen molar-refractivity contribution in [1.82, 2.24) is 10.3 Å². The Morgan fingerprint density at radius 2 is 2.11 bits per heavy atom. The van der Waals surface area contributed by atoms with E-state index in [1.807, 2.05) is 24.3 Å². The predicted octanol–water partition coefficient (Wildman–Crippen LogP) is 1.41. The van der Waals surface area contributed by atoms with Crippen molar-refractivity contribution in [3.63, 3.8) is 0 Å². The van der Waals surface area contributed by atoms with Gasteiger partial charge in [-0.15, -0.1) is 0 Å². The lowest BCUT2D eigenvalue weighted by Crippen LogP contribution is -2.26. The lowest BCUT2D eigenvalue weighted by molar-refractivity contribution is 0.0946. The summed E-state index contributed by atoms with van der Waals surface area (Å²) in [5, 5.41) is 4.77. The molecule has 1 fully saturated rings. The van der Waals surface area contributed by atoms with E-state index in [2.05, 4.69) is 15.7 Å². The van der Waals surface area contributed by atoms with Gasteiger partial charge in [-0.05, 0) is 24.3 Å². The number of fused-ring (bicyclic) bond motifs is 1. The van der Waals surface area contributed by atoms with Crippen LogP contribution in [0.2, 0.25) is 0 Å². The van der Waals surface area contributed by atoms with Gasteiger partial charge in [0.15, 0.2) is 0 Å². The Morgan fingerprint density at radius 1 is 1.33 bits per heavy atom. The summed E-state index contributed by atoms with van der Waals surface area (Å²) in [5.74, 6) is 5.84. The molecule has 1 aromatic heterocycles. The fraction of sp³-hybridized carbons (Fsp3) is 0.231. The fourth-order valence-electron chi connectivity index (χ4n) is 1.91. The zero-order valence-corrected chi connectivity index (χ0v) is 9.81. The number of anilines is 1. The van der Waals surface area contributed by atoms with Crippen molar-refractivity contribution in [1.29, 1.82) is 0 Å². The number of pyridine rings is 1. The Bertz CT molecular complexity index is 607. The van der Waals surface area contributed by atoms with Gasteiger partial charge in [0, 0.05) is 11.4 Å². The highest BCUT2D eigenvalue weighted by atomic mass is 16.2. The largest absolute Gasteiger partial charge is 0.348 e. The molecule has 1 heterocycles. The number of benzene rings is 1. The van der Waals surface area contributed by atoms with E-state index in [0.717, 1.165) is 23.6 Å². The van der Waals surface area contributed by atoms with E-state index in [9.17, 15) is 4.79 Å². The van der Waals surface area contributed by atoms with Crippen molar-refractivity contribution in [3.8, 4) is 0 Å². The van der Waals surface area contributed by atoms with Crippen molar-refractivity contribution in [2.45, 2.75) is 18.9 Å². The molecule has 4 N–H and O–H groups in total. The number of carbonyl (C=O) groups is 1. The lowest BCUT2D eigenvalue weighted by Gasteiger charge is -2.08. The van der Waals surface area contributed by atoms with Crippen LogP contribution < -0.4 is 16.6 Å². The van der Waals surface area contributed by atoms with Crippen LogP contribution in [0, 0.1) is 0 Å². The molecule has 5 heteroatoms. The number of hydrazine groups is 1. The third-order valence-corrected chi connectivity index (χ3v) is 3.02. The molecule has 2 aromatic rings. The van der Waals surface area contributed by atoms with Crippen molar-refractivity contribution >= 4 is 22.5 Å². The zero-order chi connectivity index (χ0) is 12.5. The van der Waals surface area contributed by atoms with Gasteiger partial charge in [0.1, 0.15) is 11.5 Å². The molecule has 0 aliphatic heterocycles. The highest BCUT2D eigenvalue weighted by Gasteiger charge is 2.24. The number of carbonyl (C=O) groups excluding carboxylic acids is 1. The molecule has 0 radical (unpaired) electrons. The summed E-state index contributed by atoms with van der Waals surface area (Å²) in [4.78, 5) is 16.2. The number of nitrogens with two attached hydrogens (primary N) is 1. The molecule has 3 rings (SSSR count). The Morgan fingerprint density at radius 3 is 2.83 bits per heavy atom. The van der Waals surface area contributed by atoms with Gasteiger partial charge in [-0.2, -0.15) is 0 Å². The number of aromatic nitrogens is 1. The summed E-state index contributed by atoms with van der Waals surface area (Å²) >= 11 is 0. The fourth-order valence-corrected chi connectivity index (χ4v) is 1.91. The van der Waals surface area contributed by atoms with E-state index < -0.39 is 0 Å². The molecule has 0 bridgehead atoms. The van der Waals surface area contributed by atoms with Crippen LogP contribution in [0.15, 0.2) is 30.3 Å². The van der Waals surface area contributed by atoms with Crippen molar-refractivity contribution < 1.29 is 4.79 Å². The van der Waals surface area contributed by atoms with Gasteiger partial charge < -0.3 is 10.7 Å². The van der Waals surface area contributed by atoms with Gasteiger partial charge in [-0.1, -0.05) is 24.3 Å². The Labute approximate surface area is 104 Å². The molecule has 1 aliphatic rings. The highest BCUT2D eigenvalue weighted by molar-refractivity contribution is 6.00. The quantitative estimate of drug-likeness (QED) is 0.561. The molecule has 0 unspecified atom stereocenters. The number of hydrogen-bond donors (Lipinski definition) is 3. The number of nitrogen functional groups attached to an aromatic ring is 1. The topological polar surface area (TPSA) is 80.0 Å². The number of rotatable bonds is 3. The van der Waals surface area contributed by atoms with Gasteiger partial charge in [-0.3, -0.25) is 4.79 Å². The first-order valence-electron chi connectivity index (χ1n) is 5.95. The van der Waals surface area contributed by atoms with Crippen LogP contribution in [-0.2, 0) is 0 Å². The molecule has 0 atom stereocenters. The van der Waals surface area contributed by atoms with Crippen LogP contribution in [-0.4, -0.2) is 16.9 Å². The maximum Gasteiger partial charge on any atom is 0.270 e. The Hall–Kier alpha value is -2.14. The summed E-state index contributed by atoms with van der Waals surface area (Å²) in [6.07, 6.45) is 2.11. The van der Waals surface area contributed by atoms with Crippen molar-refractivity contribution in [2.75, 3.05) is 5.43 Å². The minimum atomic E-state index is -0.139. The molecule has 0 saturated heterocycles. The average molecular weight is 242 g/mol. The summed E-state index contributed by atoms with van der Waals surface area (Å²) in [6, 6.07) is 9.79. The minimum absolute atomic E-state index is 0.139. The van der Waals surface area contributed by atoms with E-state index in [0.29, 0.717) is 17.6 Å². The van der Waals surface area contributed by atoms with E-state index in [-0.39, 0.29) is 5.91 Å². The third-order valence-electron chi connectivity index (χ3n) is 3.02. The van der Waals surface area contributed by atoms with E-state index in [4.69, 9.17) is 5.84 Å². The second kappa shape index (κ2) is 4.27. The number of nitrogens with zero attached hydrogens (tertiary/aromatic N) is 1. The average Bonchev–Trinajstić information content (AvgIpc) is 3.21. The third kappa shape index (κ3) is 2.00. The normalized spacial score (nSPS) is 14.5. The minimum Gasteiger partial charge on any atom is -0.348 e. The van der Waals surface area contributed by atoms with Crippen LogP contribution in [0.25, 0.3) is 10.8 Å². The second-order valence-corrected chi connectivity index (χ2v) is 4.47. The molecule has 18 heavy (non-hydrogen) atoms. The standard InChI is InChI=1S/C13H14N4O/c14-17-12-10-4-2-1-3-8(10)7-11(16-12)13(18)15-9-5-6-9/h1-4,7,9H,5-6,14H2,(H,15,18)(H,16,17). The number of amides is 1. The van der Waals surface area contributed by atoms with Crippen LogP contribution >= 0.6 is 0 Å². The molecule has 1 aromatic carbocycles. The van der Waals surface area contributed by atoms with E-state index in [1.54, 1.807) is 6.07 Å². The maximum atomic E-state index is 12.0. The molecule has 1 saturated carbocycles. The maximum absolute atomic E-state index is 12.0. The Balaban J connectivity index is 2.03. The van der Waals surface area contributed by atoms with Crippen molar-refractivity contribution in [2.24, 2.45) is 5.84 Å². The summed E-state index contributed by atoms with van der Waals surface area (Å²) in [5.41, 5.74) is 2.94. The van der Waals surface area contributed by atoms with Crippen LogP contribution in [0.4, 0.5) is 5.82 Å². The monoisotopic (exact) mass is 242 g/mol. The summed E-state index contributed by atoms with van der Waals surface area (Å²) < 4.78 is 0. The molecular weight excluding hydrogens is 228 g/mol. The second-order valence-electron chi connectivity index (χ2n) is 4.47. The molecule has 92 valence electrons. The van der Waals surface area contributed by atoms with Crippen molar-refractivity contribution in [3.05, 3.63) is 36.0 Å². The first-order valence-corrected chi connectivity index (χ1v) is 5.95. The number of nitrogens with one attached hydrogen (secondary N) is 2. The molecule has 1 amide bonds. The Kier molecular flexibility index (Phi) is 2.60. The first-order chi connectivity index (χ1) is 8.78. The van der Waals surface area contributed by atoms with Gasteiger partial charge >= 0.3 is 0 Å². The van der Waals surface area contributed by atoms with E-state index >= 15 is 0 Å². The lowest BCUT2D eigenvalue weighted by atomic mass is 10.1. The summed E-state index contributed by atoms with van der Waals surface area (Å²) in [6.45, 7) is 0. The summed E-state index contributed by atoms with van der Waals surface area (Å²) in [7, 11) is 0. The highest BCUT2D eigenvalue weighted by Crippen LogP contribution is 2.23. The molecule has 1 aliphatic carbocycles. The van der Waals surface area contributed by atoms with E-state index in [1.165, 1.54) is 0 Å².